The van der Waals surface area contributed by atoms with Crippen LogP contribution >= 0.6 is 0 Å². The number of fused-ring (bicyclic) bond motifs is 1. The van der Waals surface area contributed by atoms with Crippen molar-refractivity contribution in [1.29, 1.82) is 0 Å². The minimum Gasteiger partial charge on any atom is -0.446 e. The molecule has 3 aromatic rings. The highest BCUT2D eigenvalue weighted by atomic mass is 16.6. The molecule has 1 aliphatic heterocycles. The number of benzene rings is 2. The molecule has 2 heterocycles. The third kappa shape index (κ3) is 3.63. The highest BCUT2D eigenvalue weighted by Crippen LogP contribution is 2.33. The van der Waals surface area contributed by atoms with Crippen LogP contribution in [-0.4, -0.2) is 35.2 Å². The summed E-state index contributed by atoms with van der Waals surface area (Å²) in [6, 6.07) is 17.2. The monoisotopic (exact) mass is 392 g/mol. The zero-order valence-electron chi connectivity index (χ0n) is 16.6. The summed E-state index contributed by atoms with van der Waals surface area (Å²) in [6.07, 6.45) is 1.68. The van der Waals surface area contributed by atoms with Gasteiger partial charge in [0.25, 0.3) is 0 Å². The van der Waals surface area contributed by atoms with Gasteiger partial charge in [0, 0.05) is 25.1 Å². The SMILES string of the molecule is COCn1cc([C@@H](C)CC(=O)N2C(=O)OC[C@@H]2c2ccccc2)c2ccccc21. The molecule has 0 unspecified atom stereocenters. The average Bonchev–Trinajstić information content (AvgIpc) is 3.30. The summed E-state index contributed by atoms with van der Waals surface area (Å²) < 4.78 is 12.5. The minimum atomic E-state index is -0.571. The predicted octanol–water partition coefficient (Wildman–Crippen LogP) is 4.46. The van der Waals surface area contributed by atoms with E-state index >= 15 is 0 Å². The molecule has 2 amide bonds. The van der Waals surface area contributed by atoms with Gasteiger partial charge in [0.1, 0.15) is 19.4 Å². The van der Waals surface area contributed by atoms with Gasteiger partial charge in [0.05, 0.1) is 5.52 Å². The summed E-state index contributed by atoms with van der Waals surface area (Å²) in [7, 11) is 1.66. The van der Waals surface area contributed by atoms with Crippen LogP contribution in [0.25, 0.3) is 10.9 Å². The van der Waals surface area contributed by atoms with Crippen molar-refractivity contribution in [2.45, 2.75) is 32.0 Å². The van der Waals surface area contributed by atoms with Crippen molar-refractivity contribution >= 4 is 22.9 Å². The molecule has 0 bridgehead atoms. The zero-order valence-corrected chi connectivity index (χ0v) is 16.6. The molecular weight excluding hydrogens is 368 g/mol. The van der Waals surface area contributed by atoms with Crippen molar-refractivity contribution in [3.63, 3.8) is 0 Å². The van der Waals surface area contributed by atoms with Crippen LogP contribution in [0.5, 0.6) is 0 Å². The van der Waals surface area contributed by atoms with E-state index < -0.39 is 6.09 Å². The summed E-state index contributed by atoms with van der Waals surface area (Å²) in [5.41, 5.74) is 3.03. The van der Waals surface area contributed by atoms with Crippen LogP contribution in [-0.2, 0) is 21.0 Å². The van der Waals surface area contributed by atoms with Crippen molar-refractivity contribution in [2.75, 3.05) is 13.7 Å². The molecule has 29 heavy (non-hydrogen) atoms. The molecule has 2 aromatic carbocycles. The van der Waals surface area contributed by atoms with E-state index in [4.69, 9.17) is 9.47 Å². The van der Waals surface area contributed by atoms with Gasteiger partial charge in [0.15, 0.2) is 0 Å². The van der Waals surface area contributed by atoms with Crippen LogP contribution in [0.15, 0.2) is 60.8 Å². The largest absolute Gasteiger partial charge is 0.446 e. The zero-order chi connectivity index (χ0) is 20.4. The fourth-order valence-electron chi connectivity index (χ4n) is 4.00. The quantitative estimate of drug-likeness (QED) is 0.621. The van der Waals surface area contributed by atoms with Crippen LogP contribution < -0.4 is 0 Å². The number of amides is 2. The number of hydrogen-bond donors (Lipinski definition) is 0. The van der Waals surface area contributed by atoms with Crippen LogP contribution in [0.3, 0.4) is 0 Å². The smallest absolute Gasteiger partial charge is 0.417 e. The molecule has 4 rings (SSSR count). The fraction of sp³-hybridized carbons (Fsp3) is 0.304. The third-order valence-corrected chi connectivity index (χ3v) is 5.43. The summed E-state index contributed by atoms with van der Waals surface area (Å²) in [5, 5.41) is 1.09. The van der Waals surface area contributed by atoms with Crippen LogP contribution in [0, 0.1) is 0 Å². The van der Waals surface area contributed by atoms with E-state index in [1.807, 2.05) is 66.2 Å². The van der Waals surface area contributed by atoms with Gasteiger partial charge < -0.3 is 14.0 Å². The number of carbonyl (C=O) groups is 2. The number of aromatic nitrogens is 1. The summed E-state index contributed by atoms with van der Waals surface area (Å²) >= 11 is 0. The molecule has 0 N–H and O–H groups in total. The molecule has 0 saturated carbocycles. The summed E-state index contributed by atoms with van der Waals surface area (Å²) in [5.74, 6) is -0.284. The second kappa shape index (κ2) is 8.09. The maximum absolute atomic E-state index is 13.1. The summed E-state index contributed by atoms with van der Waals surface area (Å²) in [6.45, 7) is 2.64. The second-order valence-corrected chi connectivity index (χ2v) is 7.36. The van der Waals surface area contributed by atoms with Crippen LogP contribution in [0.1, 0.15) is 36.4 Å². The average molecular weight is 392 g/mol. The number of imide groups is 1. The van der Waals surface area contributed by atoms with Crippen LogP contribution in [0.2, 0.25) is 0 Å². The first-order valence-corrected chi connectivity index (χ1v) is 9.70. The van der Waals surface area contributed by atoms with Crippen molar-refractivity contribution in [3.05, 3.63) is 71.9 Å². The molecule has 2 atom stereocenters. The van der Waals surface area contributed by atoms with E-state index in [1.165, 1.54) is 4.90 Å². The Labute approximate surface area is 169 Å². The molecule has 1 aliphatic rings. The van der Waals surface area contributed by atoms with Gasteiger partial charge in [-0.1, -0.05) is 55.5 Å². The van der Waals surface area contributed by atoms with Gasteiger partial charge >= 0.3 is 6.09 Å². The maximum Gasteiger partial charge on any atom is 0.417 e. The molecule has 1 aromatic heterocycles. The van der Waals surface area contributed by atoms with Crippen molar-refractivity contribution in [1.82, 2.24) is 9.47 Å². The standard InChI is InChI=1S/C23H24N2O4/c1-16(19-13-24(15-28-2)20-11-7-6-10-18(19)20)12-22(26)25-21(14-29-23(25)27)17-8-4-3-5-9-17/h3-11,13,16,21H,12,14-15H2,1-2H3/t16-,21+/m0/s1. The minimum absolute atomic E-state index is 0.0599. The van der Waals surface area contributed by atoms with E-state index in [0.29, 0.717) is 6.73 Å². The normalized spacial score (nSPS) is 17.5. The van der Waals surface area contributed by atoms with Gasteiger partial charge in [-0.25, -0.2) is 9.69 Å². The van der Waals surface area contributed by atoms with Gasteiger partial charge in [0.2, 0.25) is 5.91 Å². The Kier molecular flexibility index (Phi) is 5.36. The van der Waals surface area contributed by atoms with Gasteiger partial charge in [-0.15, -0.1) is 0 Å². The van der Waals surface area contributed by atoms with Gasteiger partial charge in [-0.2, -0.15) is 0 Å². The predicted molar refractivity (Wildman–Crippen MR) is 109 cm³/mol. The molecule has 0 aliphatic carbocycles. The van der Waals surface area contributed by atoms with E-state index in [9.17, 15) is 9.59 Å². The maximum atomic E-state index is 13.1. The molecule has 1 saturated heterocycles. The topological polar surface area (TPSA) is 60.8 Å². The lowest BCUT2D eigenvalue weighted by atomic mass is 9.96. The first kappa shape index (κ1) is 19.2. The molecule has 0 radical (unpaired) electrons. The number of para-hydroxylation sites is 1. The van der Waals surface area contributed by atoms with Crippen molar-refractivity contribution < 1.29 is 19.1 Å². The lowest BCUT2D eigenvalue weighted by Crippen LogP contribution is -2.34. The van der Waals surface area contributed by atoms with Crippen molar-refractivity contribution in [3.8, 4) is 0 Å². The first-order valence-electron chi connectivity index (χ1n) is 9.70. The van der Waals surface area contributed by atoms with E-state index in [0.717, 1.165) is 22.0 Å². The second-order valence-electron chi connectivity index (χ2n) is 7.36. The fourth-order valence-corrected chi connectivity index (χ4v) is 4.00. The van der Waals surface area contributed by atoms with Gasteiger partial charge in [-0.05, 0) is 23.1 Å². The molecule has 6 nitrogen and oxygen atoms in total. The Morgan fingerprint density at radius 2 is 1.90 bits per heavy atom. The number of methoxy groups -OCH3 is 1. The number of hydrogen-bond acceptors (Lipinski definition) is 4. The van der Waals surface area contributed by atoms with Crippen LogP contribution in [0.4, 0.5) is 4.79 Å². The Bertz CT molecular complexity index is 1030. The van der Waals surface area contributed by atoms with Gasteiger partial charge in [-0.3, -0.25) is 4.79 Å². The number of rotatable bonds is 6. The van der Waals surface area contributed by atoms with E-state index in [-0.39, 0.29) is 30.9 Å². The molecule has 150 valence electrons. The van der Waals surface area contributed by atoms with Crippen molar-refractivity contribution in [2.24, 2.45) is 0 Å². The van der Waals surface area contributed by atoms with E-state index in [2.05, 4.69) is 6.07 Å². The Morgan fingerprint density at radius 1 is 1.17 bits per heavy atom. The summed E-state index contributed by atoms with van der Waals surface area (Å²) in [4.78, 5) is 26.6. The van der Waals surface area contributed by atoms with E-state index in [1.54, 1.807) is 7.11 Å². The lowest BCUT2D eigenvalue weighted by Gasteiger charge is -2.21. The molecule has 6 heteroatoms. The highest BCUT2D eigenvalue weighted by molar-refractivity contribution is 5.94. The molecule has 0 spiro atoms. The molecular formula is C23H24N2O4. The number of nitrogens with zero attached hydrogens (tertiary/aromatic N) is 2. The molecule has 1 fully saturated rings. The Morgan fingerprint density at radius 3 is 2.66 bits per heavy atom. The number of cyclic esters (lactones) is 1. The number of carbonyl (C=O) groups excluding carboxylic acids is 2. The third-order valence-electron chi connectivity index (χ3n) is 5.43. The highest BCUT2D eigenvalue weighted by Gasteiger charge is 2.39. The Balaban J connectivity index is 1.58. The first-order chi connectivity index (χ1) is 14.1. The number of ether oxygens (including phenoxy) is 2. The lowest BCUT2D eigenvalue weighted by molar-refractivity contribution is -0.129. The Hall–Kier alpha value is -3.12.